The quantitative estimate of drug-likeness (QED) is 0.913. The van der Waals surface area contributed by atoms with Gasteiger partial charge in [-0.3, -0.25) is 4.79 Å². The summed E-state index contributed by atoms with van der Waals surface area (Å²) in [5.41, 5.74) is -0.0264. The summed E-state index contributed by atoms with van der Waals surface area (Å²) >= 11 is 4.34. The van der Waals surface area contributed by atoms with Crippen LogP contribution in [0.1, 0.15) is 17.3 Å². The van der Waals surface area contributed by atoms with E-state index in [0.29, 0.717) is 20.9 Å². The van der Waals surface area contributed by atoms with E-state index >= 15 is 0 Å². The van der Waals surface area contributed by atoms with Crippen molar-refractivity contribution in [2.45, 2.75) is 23.4 Å². The van der Waals surface area contributed by atoms with Gasteiger partial charge in [0.25, 0.3) is 5.56 Å². The second kappa shape index (κ2) is 6.23. The van der Waals surface area contributed by atoms with Crippen molar-refractivity contribution in [3.8, 4) is 0 Å². The van der Waals surface area contributed by atoms with E-state index in [1.54, 1.807) is 29.1 Å². The van der Waals surface area contributed by atoms with Crippen molar-refractivity contribution >= 4 is 33.7 Å². The van der Waals surface area contributed by atoms with Crippen molar-refractivity contribution in [2.24, 2.45) is 0 Å². The van der Waals surface area contributed by atoms with E-state index in [0.717, 1.165) is 11.8 Å². The Balaban J connectivity index is 2.38. The summed E-state index contributed by atoms with van der Waals surface area (Å²) in [7, 11) is 0. The minimum Gasteiger partial charge on any atom is -0.478 e. The summed E-state index contributed by atoms with van der Waals surface area (Å²) < 4.78 is 2.05. The van der Waals surface area contributed by atoms with Gasteiger partial charge < -0.3 is 9.67 Å². The summed E-state index contributed by atoms with van der Waals surface area (Å²) in [4.78, 5) is 27.8. The second-order valence-electron chi connectivity index (χ2n) is 3.87. The molecular weight excluding hydrogens is 344 g/mol. The second-order valence-corrected chi connectivity index (χ2v) is 5.79. The van der Waals surface area contributed by atoms with Crippen molar-refractivity contribution in [3.63, 3.8) is 0 Å². The van der Waals surface area contributed by atoms with Gasteiger partial charge >= 0.3 is 5.97 Å². The van der Waals surface area contributed by atoms with Gasteiger partial charge in [-0.05, 0) is 41.1 Å². The third kappa shape index (κ3) is 3.10. The fourth-order valence-corrected chi connectivity index (χ4v) is 2.86. The Kier molecular flexibility index (Phi) is 4.61. The first-order chi connectivity index (χ1) is 9.52. The van der Waals surface area contributed by atoms with Gasteiger partial charge in [-0.1, -0.05) is 11.8 Å². The molecule has 1 aromatic carbocycles. The molecular formula is C13H11BrN2O3S. The van der Waals surface area contributed by atoms with Crippen molar-refractivity contribution in [3.05, 3.63) is 51.0 Å². The fourth-order valence-electron chi connectivity index (χ4n) is 1.59. The molecule has 0 spiro atoms. The van der Waals surface area contributed by atoms with E-state index in [4.69, 9.17) is 5.11 Å². The average Bonchev–Trinajstić information content (AvgIpc) is 2.43. The maximum Gasteiger partial charge on any atom is 0.336 e. The van der Waals surface area contributed by atoms with Crippen LogP contribution < -0.4 is 5.56 Å². The van der Waals surface area contributed by atoms with Gasteiger partial charge in [0.05, 0.1) is 5.56 Å². The number of aromatic carboxylic acids is 1. The zero-order valence-electron chi connectivity index (χ0n) is 10.5. The molecule has 0 unspecified atom stereocenters. The van der Waals surface area contributed by atoms with Gasteiger partial charge in [0.1, 0.15) is 0 Å². The SMILES string of the molecule is CCn1ccnc(Sc2ccc(Br)c(C(=O)O)c2)c1=O. The standard InChI is InChI=1S/C13H11BrN2O3S/c1-2-16-6-5-15-11(12(16)17)20-8-3-4-10(14)9(7-8)13(18)19/h3-7H,2H2,1H3,(H,18,19). The van der Waals surface area contributed by atoms with Crippen LogP contribution in [0.15, 0.2) is 49.8 Å². The zero-order chi connectivity index (χ0) is 14.7. The molecule has 7 heteroatoms. The predicted octanol–water partition coefficient (Wildman–Crippen LogP) is 2.88. The van der Waals surface area contributed by atoms with Crippen LogP contribution in [-0.4, -0.2) is 20.6 Å². The molecule has 2 aromatic rings. The van der Waals surface area contributed by atoms with Gasteiger partial charge in [0.15, 0.2) is 5.03 Å². The van der Waals surface area contributed by atoms with Gasteiger partial charge in [-0.15, -0.1) is 0 Å². The molecule has 1 heterocycles. The van der Waals surface area contributed by atoms with Crippen LogP contribution in [0, 0.1) is 0 Å². The summed E-state index contributed by atoms with van der Waals surface area (Å²) in [6.07, 6.45) is 3.18. The molecule has 0 atom stereocenters. The number of aromatic nitrogens is 2. The minimum absolute atomic E-state index is 0.154. The smallest absolute Gasteiger partial charge is 0.336 e. The largest absolute Gasteiger partial charge is 0.478 e. The van der Waals surface area contributed by atoms with Crippen LogP contribution in [0.4, 0.5) is 0 Å². The molecule has 0 aliphatic rings. The topological polar surface area (TPSA) is 72.2 Å². The molecule has 20 heavy (non-hydrogen) atoms. The molecule has 1 aromatic heterocycles. The molecule has 0 aliphatic heterocycles. The predicted molar refractivity (Wildman–Crippen MR) is 79.4 cm³/mol. The number of halogens is 1. The number of benzene rings is 1. The molecule has 2 rings (SSSR count). The first-order valence-electron chi connectivity index (χ1n) is 5.79. The zero-order valence-corrected chi connectivity index (χ0v) is 12.9. The Morgan fingerprint density at radius 2 is 2.25 bits per heavy atom. The van der Waals surface area contributed by atoms with Gasteiger partial charge in [0, 0.05) is 28.3 Å². The minimum atomic E-state index is -1.02. The van der Waals surface area contributed by atoms with E-state index in [1.165, 1.54) is 6.07 Å². The average molecular weight is 355 g/mol. The van der Waals surface area contributed by atoms with E-state index < -0.39 is 5.97 Å². The molecule has 0 saturated carbocycles. The van der Waals surface area contributed by atoms with Gasteiger partial charge in [-0.2, -0.15) is 0 Å². The van der Waals surface area contributed by atoms with Crippen LogP contribution >= 0.6 is 27.7 Å². The number of hydrogen-bond acceptors (Lipinski definition) is 4. The number of nitrogens with zero attached hydrogens (tertiary/aromatic N) is 2. The van der Waals surface area contributed by atoms with Crippen LogP contribution in [0.5, 0.6) is 0 Å². The van der Waals surface area contributed by atoms with E-state index in [9.17, 15) is 9.59 Å². The molecule has 0 amide bonds. The van der Waals surface area contributed by atoms with E-state index in [2.05, 4.69) is 20.9 Å². The molecule has 0 fully saturated rings. The third-order valence-corrected chi connectivity index (χ3v) is 4.26. The number of carbonyl (C=O) groups is 1. The Bertz CT molecular complexity index is 715. The highest BCUT2D eigenvalue weighted by Gasteiger charge is 2.12. The van der Waals surface area contributed by atoms with Gasteiger partial charge in [-0.25, -0.2) is 9.78 Å². The number of aryl methyl sites for hydroxylation is 1. The van der Waals surface area contributed by atoms with E-state index in [1.807, 2.05) is 6.92 Å². The van der Waals surface area contributed by atoms with Crippen LogP contribution in [0.3, 0.4) is 0 Å². The van der Waals surface area contributed by atoms with Crippen molar-refractivity contribution in [1.82, 2.24) is 9.55 Å². The molecule has 104 valence electrons. The maximum atomic E-state index is 12.0. The summed E-state index contributed by atoms with van der Waals surface area (Å²) in [5.74, 6) is -1.02. The maximum absolute atomic E-state index is 12.0. The number of carboxylic acids is 1. The van der Waals surface area contributed by atoms with Crippen LogP contribution in [0.2, 0.25) is 0 Å². The number of carboxylic acid groups (broad SMARTS) is 1. The Labute approximate surface area is 127 Å². The molecule has 0 bridgehead atoms. The fraction of sp³-hybridized carbons (Fsp3) is 0.154. The molecule has 1 N–H and O–H groups in total. The number of hydrogen-bond donors (Lipinski definition) is 1. The van der Waals surface area contributed by atoms with Crippen LogP contribution in [-0.2, 0) is 6.54 Å². The first-order valence-corrected chi connectivity index (χ1v) is 7.40. The number of rotatable bonds is 4. The highest BCUT2D eigenvalue weighted by molar-refractivity contribution is 9.10. The van der Waals surface area contributed by atoms with Crippen LogP contribution in [0.25, 0.3) is 0 Å². The van der Waals surface area contributed by atoms with Crippen molar-refractivity contribution in [2.75, 3.05) is 0 Å². The van der Waals surface area contributed by atoms with Gasteiger partial charge in [0.2, 0.25) is 0 Å². The molecule has 0 aliphatic carbocycles. The summed E-state index contributed by atoms with van der Waals surface area (Å²) in [6, 6.07) is 4.90. The van der Waals surface area contributed by atoms with Crippen molar-refractivity contribution in [1.29, 1.82) is 0 Å². The lowest BCUT2D eigenvalue weighted by Gasteiger charge is -2.06. The Hall–Kier alpha value is -1.60. The molecule has 5 nitrogen and oxygen atoms in total. The highest BCUT2D eigenvalue weighted by atomic mass is 79.9. The van der Waals surface area contributed by atoms with Crippen molar-refractivity contribution < 1.29 is 9.90 Å². The lowest BCUT2D eigenvalue weighted by molar-refractivity contribution is 0.0695. The third-order valence-electron chi connectivity index (χ3n) is 2.61. The molecule has 0 saturated heterocycles. The summed E-state index contributed by atoms with van der Waals surface area (Å²) in [5, 5.41) is 9.40. The molecule has 0 radical (unpaired) electrons. The Morgan fingerprint density at radius 1 is 1.50 bits per heavy atom. The monoisotopic (exact) mass is 354 g/mol. The normalized spacial score (nSPS) is 10.5. The summed E-state index contributed by atoms with van der Waals surface area (Å²) in [6.45, 7) is 2.44. The Morgan fingerprint density at radius 3 is 2.90 bits per heavy atom. The first kappa shape index (κ1) is 14.8. The lowest BCUT2D eigenvalue weighted by atomic mass is 10.2. The van der Waals surface area contributed by atoms with E-state index in [-0.39, 0.29) is 11.1 Å². The lowest BCUT2D eigenvalue weighted by Crippen LogP contribution is -2.20. The highest BCUT2D eigenvalue weighted by Crippen LogP contribution is 2.27.